The van der Waals surface area contributed by atoms with Crippen LogP contribution in [0, 0.1) is 17.7 Å². The number of hydrogen-bond acceptors (Lipinski definition) is 7. The van der Waals surface area contributed by atoms with Gasteiger partial charge in [0.2, 0.25) is 0 Å². The SMILES string of the molecule is COc1c(-c2c(C#Cc3ccccc3)ccc(=O)n2Cc2ccccn2)nn(C(=O)c2ccccc2F)c1NCc1ccc(Cl)s1. The van der Waals surface area contributed by atoms with Crippen LogP contribution in [-0.2, 0) is 13.1 Å². The molecule has 0 atom stereocenters. The Kier molecular flexibility index (Phi) is 9.06. The zero-order valence-electron chi connectivity index (χ0n) is 24.4. The van der Waals surface area contributed by atoms with E-state index in [-0.39, 0.29) is 41.5 Å². The molecule has 1 N–H and O–H groups in total. The van der Waals surface area contributed by atoms with Gasteiger partial charge in [-0.1, -0.05) is 59.8 Å². The molecule has 4 aromatic heterocycles. The summed E-state index contributed by atoms with van der Waals surface area (Å²) in [4.78, 5) is 32.7. The molecule has 0 amide bonds. The summed E-state index contributed by atoms with van der Waals surface area (Å²) in [5.41, 5.74) is 1.77. The number of carbonyl (C=O) groups excluding carboxylic acids is 1. The van der Waals surface area contributed by atoms with Crippen LogP contribution >= 0.6 is 22.9 Å². The standard InChI is InChI=1S/C35H25ClFN5O3S/c1-45-33-31(40-42(35(44)27-12-5-6-13-28(27)37)34(33)39-21-26-17-18-29(36)46-26)32-24(15-14-23-9-3-2-4-10-23)16-19-30(43)41(32)22-25-11-7-8-20-38-25/h2-13,16-20,39H,21-22H2,1H3. The summed E-state index contributed by atoms with van der Waals surface area (Å²) >= 11 is 7.52. The maximum Gasteiger partial charge on any atom is 0.283 e. The highest BCUT2D eigenvalue weighted by atomic mass is 35.5. The topological polar surface area (TPSA) is 91.0 Å². The Labute approximate surface area is 272 Å². The normalized spacial score (nSPS) is 10.7. The van der Waals surface area contributed by atoms with Crippen molar-refractivity contribution in [1.82, 2.24) is 19.3 Å². The van der Waals surface area contributed by atoms with E-state index in [1.807, 2.05) is 42.5 Å². The largest absolute Gasteiger partial charge is 0.491 e. The molecule has 46 heavy (non-hydrogen) atoms. The Morgan fingerprint density at radius 1 is 0.978 bits per heavy atom. The smallest absolute Gasteiger partial charge is 0.283 e. The first-order valence-corrected chi connectivity index (χ1v) is 15.3. The van der Waals surface area contributed by atoms with Crippen LogP contribution in [0.15, 0.2) is 108 Å². The van der Waals surface area contributed by atoms with Gasteiger partial charge in [0, 0.05) is 22.7 Å². The van der Waals surface area contributed by atoms with Gasteiger partial charge in [0.25, 0.3) is 11.5 Å². The second-order valence-corrected chi connectivity index (χ2v) is 11.7. The minimum atomic E-state index is -0.735. The molecule has 0 fully saturated rings. The summed E-state index contributed by atoms with van der Waals surface area (Å²) < 4.78 is 23.9. The van der Waals surface area contributed by atoms with Crippen LogP contribution in [0.1, 0.15) is 32.1 Å². The van der Waals surface area contributed by atoms with Gasteiger partial charge in [0.15, 0.2) is 17.3 Å². The van der Waals surface area contributed by atoms with Crippen molar-refractivity contribution in [3.8, 4) is 29.0 Å². The molecule has 0 aliphatic heterocycles. The number of hydrogen-bond donors (Lipinski definition) is 1. The summed E-state index contributed by atoms with van der Waals surface area (Å²) in [6.45, 7) is 0.350. The number of thiophene rings is 1. The predicted molar refractivity (Wildman–Crippen MR) is 177 cm³/mol. The van der Waals surface area contributed by atoms with Crippen LogP contribution in [-0.4, -0.2) is 32.3 Å². The van der Waals surface area contributed by atoms with Crippen molar-refractivity contribution in [2.45, 2.75) is 13.1 Å². The van der Waals surface area contributed by atoms with E-state index in [1.165, 1.54) is 47.3 Å². The van der Waals surface area contributed by atoms with E-state index in [0.717, 1.165) is 15.1 Å². The molecule has 8 nitrogen and oxygen atoms in total. The quantitative estimate of drug-likeness (QED) is 0.184. The van der Waals surface area contributed by atoms with Crippen LogP contribution in [0.4, 0.5) is 10.2 Å². The number of nitrogens with zero attached hydrogens (tertiary/aromatic N) is 4. The van der Waals surface area contributed by atoms with E-state index >= 15 is 0 Å². The first kappa shape index (κ1) is 30.5. The van der Waals surface area contributed by atoms with Crippen molar-refractivity contribution in [2.75, 3.05) is 12.4 Å². The Hall–Kier alpha value is -5.50. The van der Waals surface area contributed by atoms with Crippen LogP contribution < -0.4 is 15.6 Å². The lowest BCUT2D eigenvalue weighted by atomic mass is 10.1. The van der Waals surface area contributed by atoms with Crippen LogP contribution in [0.5, 0.6) is 5.75 Å². The van der Waals surface area contributed by atoms with Gasteiger partial charge >= 0.3 is 0 Å². The molecule has 6 aromatic rings. The Balaban J connectivity index is 1.59. The van der Waals surface area contributed by atoms with Gasteiger partial charge in [-0.05, 0) is 54.6 Å². The third-order valence-corrected chi connectivity index (χ3v) is 8.20. The first-order chi connectivity index (χ1) is 22.4. The lowest BCUT2D eigenvalue weighted by Crippen LogP contribution is -2.23. The molecule has 4 heterocycles. The van der Waals surface area contributed by atoms with Crippen LogP contribution in [0.25, 0.3) is 11.4 Å². The van der Waals surface area contributed by atoms with E-state index in [0.29, 0.717) is 21.3 Å². The predicted octanol–water partition coefficient (Wildman–Crippen LogP) is 6.72. The summed E-state index contributed by atoms with van der Waals surface area (Å²) in [5, 5.41) is 7.92. The third-order valence-electron chi connectivity index (χ3n) is 6.97. The van der Waals surface area contributed by atoms with Crippen LogP contribution in [0.3, 0.4) is 0 Å². The van der Waals surface area contributed by atoms with Crippen molar-refractivity contribution in [3.05, 3.63) is 151 Å². The number of methoxy groups -OCH3 is 1. The van der Waals surface area contributed by atoms with E-state index in [2.05, 4.69) is 27.2 Å². The number of pyridine rings is 2. The zero-order valence-corrected chi connectivity index (χ0v) is 26.0. The number of benzene rings is 2. The number of anilines is 1. The number of aromatic nitrogens is 4. The molecule has 2 aromatic carbocycles. The minimum Gasteiger partial charge on any atom is -0.491 e. The van der Waals surface area contributed by atoms with Crippen molar-refractivity contribution >= 4 is 34.7 Å². The fraction of sp³-hybridized carbons (Fsp3) is 0.0857. The molecule has 6 rings (SSSR count). The van der Waals surface area contributed by atoms with Gasteiger partial charge < -0.3 is 10.1 Å². The average Bonchev–Trinajstić information content (AvgIpc) is 3.67. The first-order valence-electron chi connectivity index (χ1n) is 14.1. The molecule has 228 valence electrons. The van der Waals surface area contributed by atoms with Gasteiger partial charge in [-0.2, -0.15) is 9.78 Å². The number of nitrogens with one attached hydrogen (secondary N) is 1. The monoisotopic (exact) mass is 649 g/mol. The van der Waals surface area contributed by atoms with Crippen LogP contribution in [0.2, 0.25) is 4.34 Å². The third kappa shape index (κ3) is 6.47. The fourth-order valence-corrected chi connectivity index (χ4v) is 5.85. The summed E-state index contributed by atoms with van der Waals surface area (Å²) in [6, 6.07) is 27.1. The molecular formula is C35H25ClFN5O3S. The average molecular weight is 650 g/mol. The molecule has 0 saturated carbocycles. The number of halogens is 2. The van der Waals surface area contributed by atoms with Gasteiger partial charge in [0.05, 0.1) is 47.1 Å². The molecule has 0 saturated heterocycles. The van der Waals surface area contributed by atoms with Gasteiger partial charge in [-0.15, -0.1) is 11.3 Å². The number of carbonyl (C=O) groups is 1. The summed E-state index contributed by atoms with van der Waals surface area (Å²) in [7, 11) is 1.44. The molecule has 0 unspecified atom stereocenters. The van der Waals surface area contributed by atoms with Crippen molar-refractivity contribution in [3.63, 3.8) is 0 Å². The number of ether oxygens (including phenoxy) is 1. The minimum absolute atomic E-state index is 0.0869. The lowest BCUT2D eigenvalue weighted by molar-refractivity contribution is 0.0943. The highest BCUT2D eigenvalue weighted by molar-refractivity contribution is 7.16. The van der Waals surface area contributed by atoms with Gasteiger partial charge in [0.1, 0.15) is 5.82 Å². The second kappa shape index (κ2) is 13.6. The number of rotatable bonds is 8. The maximum absolute atomic E-state index is 14.9. The van der Waals surface area contributed by atoms with E-state index in [1.54, 1.807) is 36.5 Å². The Bertz CT molecular complexity index is 2150. The zero-order chi connectivity index (χ0) is 32.0. The van der Waals surface area contributed by atoms with E-state index < -0.39 is 11.7 Å². The second-order valence-electron chi connectivity index (χ2n) is 9.94. The lowest BCUT2D eigenvalue weighted by Gasteiger charge is -2.14. The fourth-order valence-electron chi connectivity index (χ4n) is 4.83. The van der Waals surface area contributed by atoms with Gasteiger partial charge in [-0.3, -0.25) is 19.1 Å². The molecule has 0 aliphatic carbocycles. The molecule has 11 heteroatoms. The molecule has 0 spiro atoms. The molecular weight excluding hydrogens is 625 g/mol. The maximum atomic E-state index is 14.9. The Morgan fingerprint density at radius 2 is 1.76 bits per heavy atom. The molecule has 0 aliphatic rings. The highest BCUT2D eigenvalue weighted by Gasteiger charge is 2.29. The van der Waals surface area contributed by atoms with E-state index in [9.17, 15) is 14.0 Å². The van der Waals surface area contributed by atoms with Crippen molar-refractivity contribution in [2.24, 2.45) is 0 Å². The van der Waals surface area contributed by atoms with Crippen molar-refractivity contribution in [1.29, 1.82) is 0 Å². The molecule has 0 bridgehead atoms. The summed E-state index contributed by atoms with van der Waals surface area (Å²) in [6.07, 6.45) is 1.64. The van der Waals surface area contributed by atoms with E-state index in [4.69, 9.17) is 16.3 Å². The Morgan fingerprint density at radius 3 is 2.48 bits per heavy atom. The highest BCUT2D eigenvalue weighted by Crippen LogP contribution is 2.38. The summed E-state index contributed by atoms with van der Waals surface area (Å²) in [5.74, 6) is 5.21. The van der Waals surface area contributed by atoms with Gasteiger partial charge in [-0.25, -0.2) is 4.39 Å². The van der Waals surface area contributed by atoms with Crippen molar-refractivity contribution < 1.29 is 13.9 Å². The molecule has 0 radical (unpaired) electrons.